The zero-order chi connectivity index (χ0) is 12.8. The Bertz CT molecular complexity index is 366. The van der Waals surface area contributed by atoms with Gasteiger partial charge in [0.15, 0.2) is 0 Å². The average molecular weight is 246 g/mol. The first kappa shape index (κ1) is 13.1. The number of nitrogens with zero attached hydrogens (tertiary/aromatic N) is 1. The van der Waals surface area contributed by atoms with Crippen LogP contribution in [0.3, 0.4) is 0 Å². The molecule has 1 saturated heterocycles. The van der Waals surface area contributed by atoms with E-state index in [1.165, 1.54) is 5.56 Å². The molecule has 1 aliphatic heterocycles. The molecule has 18 heavy (non-hydrogen) atoms. The van der Waals surface area contributed by atoms with Gasteiger partial charge in [-0.3, -0.25) is 4.79 Å². The number of carbonyl (C=O) groups excluding carboxylic acids is 1. The summed E-state index contributed by atoms with van der Waals surface area (Å²) in [5.74, 6) is 0. The number of hydrogen-bond acceptors (Lipinski definition) is 2. The highest BCUT2D eigenvalue weighted by Gasteiger charge is 2.17. The summed E-state index contributed by atoms with van der Waals surface area (Å²) in [6.45, 7) is 3.99. The van der Waals surface area contributed by atoms with Crippen LogP contribution >= 0.6 is 0 Å². The van der Waals surface area contributed by atoms with Gasteiger partial charge in [0.1, 0.15) is 0 Å². The SMILES string of the molecule is C[C@@H](NC1CCCN(C=O)CC1)c1ccccc1. The Morgan fingerprint density at radius 2 is 2.06 bits per heavy atom. The first-order valence-corrected chi connectivity index (χ1v) is 6.80. The van der Waals surface area contributed by atoms with Gasteiger partial charge in [0.05, 0.1) is 0 Å². The number of nitrogens with one attached hydrogen (secondary N) is 1. The lowest BCUT2D eigenvalue weighted by Crippen LogP contribution is -2.32. The lowest BCUT2D eigenvalue weighted by Gasteiger charge is -2.22. The summed E-state index contributed by atoms with van der Waals surface area (Å²) in [5.41, 5.74) is 1.33. The van der Waals surface area contributed by atoms with Crippen molar-refractivity contribution >= 4 is 6.41 Å². The molecule has 1 aromatic rings. The van der Waals surface area contributed by atoms with E-state index in [9.17, 15) is 4.79 Å². The Morgan fingerprint density at radius 1 is 1.28 bits per heavy atom. The number of carbonyl (C=O) groups is 1. The van der Waals surface area contributed by atoms with Crippen LogP contribution in [-0.2, 0) is 4.79 Å². The maximum absolute atomic E-state index is 10.8. The van der Waals surface area contributed by atoms with E-state index in [2.05, 4.69) is 36.5 Å². The van der Waals surface area contributed by atoms with Crippen LogP contribution in [0.15, 0.2) is 30.3 Å². The minimum absolute atomic E-state index is 0.374. The van der Waals surface area contributed by atoms with Crippen LogP contribution in [0.1, 0.15) is 37.8 Å². The Morgan fingerprint density at radius 3 is 2.78 bits per heavy atom. The standard InChI is InChI=1S/C15H22N2O/c1-13(14-6-3-2-4-7-14)16-15-8-5-10-17(12-18)11-9-15/h2-4,6-7,12-13,15-16H,5,8-11H2,1H3/t13-,15?/m1/s1. The smallest absolute Gasteiger partial charge is 0.209 e. The van der Waals surface area contributed by atoms with E-state index in [0.717, 1.165) is 38.8 Å². The molecule has 0 aliphatic carbocycles. The van der Waals surface area contributed by atoms with Crippen LogP contribution in [0, 0.1) is 0 Å². The van der Waals surface area contributed by atoms with Crippen LogP contribution < -0.4 is 5.32 Å². The van der Waals surface area contributed by atoms with Gasteiger partial charge < -0.3 is 10.2 Å². The van der Waals surface area contributed by atoms with Crippen LogP contribution in [0.25, 0.3) is 0 Å². The molecular formula is C15H22N2O. The van der Waals surface area contributed by atoms with Gasteiger partial charge in [-0.15, -0.1) is 0 Å². The molecule has 3 heteroatoms. The number of likely N-dealkylation sites (tertiary alicyclic amines) is 1. The molecule has 2 rings (SSSR count). The molecule has 1 unspecified atom stereocenters. The molecule has 1 aliphatic rings. The largest absolute Gasteiger partial charge is 0.345 e. The average Bonchev–Trinajstić information content (AvgIpc) is 2.65. The third-order valence-electron chi connectivity index (χ3n) is 3.70. The summed E-state index contributed by atoms with van der Waals surface area (Å²) in [7, 11) is 0. The van der Waals surface area contributed by atoms with Crippen molar-refractivity contribution in [2.75, 3.05) is 13.1 Å². The zero-order valence-corrected chi connectivity index (χ0v) is 11.0. The highest BCUT2D eigenvalue weighted by atomic mass is 16.1. The lowest BCUT2D eigenvalue weighted by atomic mass is 10.0. The second kappa shape index (κ2) is 6.55. The maximum atomic E-state index is 10.8. The number of rotatable bonds is 4. The van der Waals surface area contributed by atoms with Crippen molar-refractivity contribution in [2.24, 2.45) is 0 Å². The van der Waals surface area contributed by atoms with Crippen molar-refractivity contribution in [3.05, 3.63) is 35.9 Å². The Kier molecular flexibility index (Phi) is 4.76. The van der Waals surface area contributed by atoms with E-state index in [4.69, 9.17) is 0 Å². The number of benzene rings is 1. The Hall–Kier alpha value is -1.35. The maximum Gasteiger partial charge on any atom is 0.209 e. The van der Waals surface area contributed by atoms with Gasteiger partial charge in [-0.1, -0.05) is 30.3 Å². The Balaban J connectivity index is 1.87. The normalized spacial score (nSPS) is 22.3. The second-order valence-corrected chi connectivity index (χ2v) is 5.07. The van der Waals surface area contributed by atoms with Crippen molar-refractivity contribution < 1.29 is 4.79 Å². The molecule has 0 aromatic heterocycles. The molecule has 3 nitrogen and oxygen atoms in total. The third kappa shape index (κ3) is 3.57. The second-order valence-electron chi connectivity index (χ2n) is 5.07. The summed E-state index contributed by atoms with van der Waals surface area (Å²) >= 11 is 0. The summed E-state index contributed by atoms with van der Waals surface area (Å²) in [4.78, 5) is 12.7. The fourth-order valence-corrected chi connectivity index (χ4v) is 2.58. The van der Waals surface area contributed by atoms with Crippen LogP contribution in [0.4, 0.5) is 0 Å². The molecule has 98 valence electrons. The third-order valence-corrected chi connectivity index (χ3v) is 3.70. The van der Waals surface area contributed by atoms with Gasteiger partial charge in [-0.2, -0.15) is 0 Å². The van der Waals surface area contributed by atoms with Gasteiger partial charge in [-0.25, -0.2) is 0 Å². The summed E-state index contributed by atoms with van der Waals surface area (Å²) in [6.07, 6.45) is 4.28. The summed E-state index contributed by atoms with van der Waals surface area (Å²) in [6, 6.07) is 11.4. The molecular weight excluding hydrogens is 224 g/mol. The van der Waals surface area contributed by atoms with Crippen molar-refractivity contribution in [3.63, 3.8) is 0 Å². The van der Waals surface area contributed by atoms with Crippen LogP contribution in [-0.4, -0.2) is 30.4 Å². The van der Waals surface area contributed by atoms with Gasteiger partial charge >= 0.3 is 0 Å². The van der Waals surface area contributed by atoms with E-state index in [-0.39, 0.29) is 0 Å². The molecule has 1 heterocycles. The lowest BCUT2D eigenvalue weighted by molar-refractivity contribution is -0.118. The van der Waals surface area contributed by atoms with E-state index in [1.54, 1.807) is 0 Å². The Labute approximate surface area is 109 Å². The predicted octanol–water partition coefficient (Wildman–Crippen LogP) is 2.35. The minimum Gasteiger partial charge on any atom is -0.345 e. The van der Waals surface area contributed by atoms with E-state index < -0.39 is 0 Å². The quantitative estimate of drug-likeness (QED) is 0.827. The summed E-state index contributed by atoms with van der Waals surface area (Å²) in [5, 5.41) is 3.68. The summed E-state index contributed by atoms with van der Waals surface area (Å²) < 4.78 is 0. The zero-order valence-electron chi connectivity index (χ0n) is 11.0. The fourth-order valence-electron chi connectivity index (χ4n) is 2.58. The molecule has 1 amide bonds. The van der Waals surface area contributed by atoms with Crippen molar-refractivity contribution in [3.8, 4) is 0 Å². The first-order valence-electron chi connectivity index (χ1n) is 6.80. The van der Waals surface area contributed by atoms with Crippen LogP contribution in [0.5, 0.6) is 0 Å². The van der Waals surface area contributed by atoms with Gasteiger partial charge in [0, 0.05) is 25.2 Å². The molecule has 0 radical (unpaired) electrons. The van der Waals surface area contributed by atoms with E-state index in [0.29, 0.717) is 12.1 Å². The fraction of sp³-hybridized carbons (Fsp3) is 0.533. The highest BCUT2D eigenvalue weighted by Crippen LogP contribution is 2.16. The molecule has 0 saturated carbocycles. The van der Waals surface area contributed by atoms with Gasteiger partial charge in [-0.05, 0) is 31.7 Å². The van der Waals surface area contributed by atoms with E-state index >= 15 is 0 Å². The van der Waals surface area contributed by atoms with Crippen molar-refractivity contribution in [1.82, 2.24) is 10.2 Å². The number of hydrogen-bond donors (Lipinski definition) is 1. The van der Waals surface area contributed by atoms with Crippen molar-refractivity contribution in [2.45, 2.75) is 38.3 Å². The molecule has 2 atom stereocenters. The monoisotopic (exact) mass is 246 g/mol. The molecule has 0 spiro atoms. The van der Waals surface area contributed by atoms with Gasteiger partial charge in [0.25, 0.3) is 0 Å². The topological polar surface area (TPSA) is 32.3 Å². The van der Waals surface area contributed by atoms with E-state index in [1.807, 2.05) is 11.0 Å². The number of amides is 1. The van der Waals surface area contributed by atoms with Gasteiger partial charge in [0.2, 0.25) is 6.41 Å². The predicted molar refractivity (Wildman–Crippen MR) is 73.3 cm³/mol. The van der Waals surface area contributed by atoms with Crippen LogP contribution in [0.2, 0.25) is 0 Å². The molecule has 0 bridgehead atoms. The first-order chi connectivity index (χ1) is 8.79. The molecule has 1 fully saturated rings. The van der Waals surface area contributed by atoms with Crippen molar-refractivity contribution in [1.29, 1.82) is 0 Å². The highest BCUT2D eigenvalue weighted by molar-refractivity contribution is 5.46. The molecule has 1 aromatic carbocycles. The molecule has 1 N–H and O–H groups in total. The minimum atomic E-state index is 0.374.